The highest BCUT2D eigenvalue weighted by atomic mass is 16.2. The number of fused-ring (bicyclic) bond motifs is 1. The van der Waals surface area contributed by atoms with Gasteiger partial charge in [-0.05, 0) is 23.6 Å². The largest absolute Gasteiger partial charge is 0.339 e. The third-order valence-corrected chi connectivity index (χ3v) is 5.89. The van der Waals surface area contributed by atoms with Crippen LogP contribution >= 0.6 is 0 Å². The van der Waals surface area contributed by atoms with Gasteiger partial charge in [0.05, 0.1) is 11.1 Å². The van der Waals surface area contributed by atoms with Crippen LogP contribution in [0, 0.1) is 5.92 Å². The van der Waals surface area contributed by atoms with E-state index in [4.69, 9.17) is 5.73 Å². The Morgan fingerprint density at radius 2 is 1.48 bits per heavy atom. The van der Waals surface area contributed by atoms with Crippen molar-refractivity contribution in [1.29, 1.82) is 0 Å². The topological polar surface area (TPSA) is 83.7 Å². The first kappa shape index (κ1) is 19.3. The van der Waals surface area contributed by atoms with Crippen LogP contribution < -0.4 is 5.73 Å². The molecular formula is C23H25N3O3. The van der Waals surface area contributed by atoms with Crippen molar-refractivity contribution in [3.05, 3.63) is 71.3 Å². The third kappa shape index (κ3) is 3.23. The third-order valence-electron chi connectivity index (χ3n) is 5.89. The molecule has 150 valence electrons. The minimum atomic E-state index is -0.843. The highest BCUT2D eigenvalue weighted by Gasteiger charge is 2.46. The molecule has 0 saturated carbocycles. The van der Waals surface area contributed by atoms with Gasteiger partial charge in [0.25, 0.3) is 11.8 Å². The number of benzene rings is 2. The summed E-state index contributed by atoms with van der Waals surface area (Å²) in [7, 11) is 0. The first-order valence-electron chi connectivity index (χ1n) is 9.96. The van der Waals surface area contributed by atoms with Gasteiger partial charge in [-0.15, -0.1) is 0 Å². The molecule has 2 N–H and O–H groups in total. The van der Waals surface area contributed by atoms with E-state index in [0.29, 0.717) is 24.2 Å². The van der Waals surface area contributed by atoms with E-state index in [0.717, 1.165) is 10.5 Å². The fourth-order valence-electron chi connectivity index (χ4n) is 4.40. The van der Waals surface area contributed by atoms with E-state index in [1.54, 1.807) is 29.2 Å². The van der Waals surface area contributed by atoms with E-state index in [1.807, 2.05) is 44.2 Å². The van der Waals surface area contributed by atoms with Crippen molar-refractivity contribution in [3.63, 3.8) is 0 Å². The molecule has 0 aliphatic carbocycles. The molecule has 0 aromatic heterocycles. The van der Waals surface area contributed by atoms with Crippen LogP contribution in [0.1, 0.15) is 46.0 Å². The summed E-state index contributed by atoms with van der Waals surface area (Å²) in [5.41, 5.74) is 8.16. The average Bonchev–Trinajstić information content (AvgIpc) is 3.22. The van der Waals surface area contributed by atoms with Gasteiger partial charge in [-0.1, -0.05) is 56.3 Å². The minimum Gasteiger partial charge on any atom is -0.339 e. The maximum atomic E-state index is 13.5. The standard InChI is InChI=1S/C23H25N3O3/c1-14(2)20(26-21(27)16-10-6-7-11-17(16)22(26)28)23(29)25-12-18(19(24)13-25)15-8-4-3-5-9-15/h3-11,14,18-20H,12-13,24H2,1-2H3/t18-,19+,20?/m0/s1. The zero-order valence-corrected chi connectivity index (χ0v) is 16.6. The van der Waals surface area contributed by atoms with Crippen LogP contribution in [0.25, 0.3) is 0 Å². The minimum absolute atomic E-state index is 0.0372. The van der Waals surface area contributed by atoms with Crippen molar-refractivity contribution >= 4 is 17.7 Å². The van der Waals surface area contributed by atoms with Crippen LogP contribution in [-0.2, 0) is 4.79 Å². The van der Waals surface area contributed by atoms with Gasteiger partial charge in [0, 0.05) is 25.0 Å². The molecular weight excluding hydrogens is 366 g/mol. The quantitative estimate of drug-likeness (QED) is 0.811. The van der Waals surface area contributed by atoms with Gasteiger partial charge < -0.3 is 10.6 Å². The SMILES string of the molecule is CC(C)C(C(=O)N1C[C@@H](N)[C@H](c2ccccc2)C1)N1C(=O)c2ccccc2C1=O. The lowest BCUT2D eigenvalue weighted by atomic mass is 9.95. The Hall–Kier alpha value is -2.99. The van der Waals surface area contributed by atoms with Gasteiger partial charge in [-0.2, -0.15) is 0 Å². The molecule has 2 aliphatic rings. The Balaban J connectivity index is 1.60. The van der Waals surface area contributed by atoms with Crippen LogP contribution in [0.15, 0.2) is 54.6 Å². The van der Waals surface area contributed by atoms with Crippen molar-refractivity contribution in [1.82, 2.24) is 9.80 Å². The van der Waals surface area contributed by atoms with Crippen LogP contribution in [0.5, 0.6) is 0 Å². The summed E-state index contributed by atoms with van der Waals surface area (Å²) in [6.07, 6.45) is 0. The second-order valence-corrected chi connectivity index (χ2v) is 8.14. The lowest BCUT2D eigenvalue weighted by molar-refractivity contribution is -0.135. The maximum Gasteiger partial charge on any atom is 0.262 e. The molecule has 4 rings (SSSR count). The number of amides is 3. The van der Waals surface area contributed by atoms with Crippen LogP contribution in [0.4, 0.5) is 0 Å². The highest BCUT2D eigenvalue weighted by Crippen LogP contribution is 2.31. The van der Waals surface area contributed by atoms with E-state index >= 15 is 0 Å². The van der Waals surface area contributed by atoms with E-state index in [9.17, 15) is 14.4 Å². The van der Waals surface area contributed by atoms with Crippen molar-refractivity contribution in [2.45, 2.75) is 31.8 Å². The molecule has 0 bridgehead atoms. The van der Waals surface area contributed by atoms with Crippen molar-refractivity contribution < 1.29 is 14.4 Å². The summed E-state index contributed by atoms with van der Waals surface area (Å²) in [5.74, 6) is -1.20. The fraction of sp³-hybridized carbons (Fsp3) is 0.348. The molecule has 1 unspecified atom stereocenters. The van der Waals surface area contributed by atoms with E-state index in [-0.39, 0.29) is 23.8 Å². The molecule has 2 aromatic rings. The lowest BCUT2D eigenvalue weighted by Gasteiger charge is -2.32. The highest BCUT2D eigenvalue weighted by molar-refractivity contribution is 6.22. The Morgan fingerprint density at radius 3 is 2.03 bits per heavy atom. The molecule has 1 saturated heterocycles. The van der Waals surface area contributed by atoms with Gasteiger partial charge in [0.15, 0.2) is 0 Å². The number of nitrogens with two attached hydrogens (primary N) is 1. The number of carbonyl (C=O) groups excluding carboxylic acids is 3. The molecule has 2 aliphatic heterocycles. The van der Waals surface area contributed by atoms with Gasteiger partial charge in [-0.3, -0.25) is 19.3 Å². The van der Waals surface area contributed by atoms with Gasteiger partial charge in [0.1, 0.15) is 6.04 Å². The number of imide groups is 1. The van der Waals surface area contributed by atoms with E-state index < -0.39 is 17.9 Å². The second-order valence-electron chi connectivity index (χ2n) is 8.14. The maximum absolute atomic E-state index is 13.5. The Bertz CT molecular complexity index is 922. The zero-order chi connectivity index (χ0) is 20.7. The molecule has 3 atom stereocenters. The predicted molar refractivity (Wildman–Crippen MR) is 109 cm³/mol. The fourth-order valence-corrected chi connectivity index (χ4v) is 4.40. The Labute approximate surface area is 170 Å². The zero-order valence-electron chi connectivity index (χ0n) is 16.6. The van der Waals surface area contributed by atoms with Gasteiger partial charge in [0.2, 0.25) is 5.91 Å². The summed E-state index contributed by atoms with van der Waals surface area (Å²) in [5, 5.41) is 0. The summed E-state index contributed by atoms with van der Waals surface area (Å²) in [4.78, 5) is 42.2. The molecule has 6 heteroatoms. The molecule has 0 radical (unpaired) electrons. The molecule has 1 fully saturated rings. The summed E-state index contributed by atoms with van der Waals surface area (Å²) in [6, 6.07) is 15.6. The number of carbonyl (C=O) groups is 3. The van der Waals surface area contributed by atoms with E-state index in [1.165, 1.54) is 0 Å². The smallest absolute Gasteiger partial charge is 0.262 e. The molecule has 3 amide bonds. The Morgan fingerprint density at radius 1 is 0.931 bits per heavy atom. The number of hydrogen-bond donors (Lipinski definition) is 1. The number of hydrogen-bond acceptors (Lipinski definition) is 4. The Kier molecular flexibility index (Phi) is 4.96. The average molecular weight is 391 g/mol. The molecule has 2 heterocycles. The predicted octanol–water partition coefficient (Wildman–Crippen LogP) is 2.26. The molecule has 29 heavy (non-hydrogen) atoms. The summed E-state index contributed by atoms with van der Waals surface area (Å²) >= 11 is 0. The van der Waals surface area contributed by atoms with Crippen LogP contribution in [0.3, 0.4) is 0 Å². The van der Waals surface area contributed by atoms with Crippen molar-refractivity contribution in [2.75, 3.05) is 13.1 Å². The van der Waals surface area contributed by atoms with E-state index in [2.05, 4.69) is 0 Å². The first-order chi connectivity index (χ1) is 13.9. The number of rotatable bonds is 4. The lowest BCUT2D eigenvalue weighted by Crippen LogP contribution is -2.53. The van der Waals surface area contributed by atoms with Crippen LogP contribution in [0.2, 0.25) is 0 Å². The van der Waals surface area contributed by atoms with Crippen molar-refractivity contribution in [3.8, 4) is 0 Å². The van der Waals surface area contributed by atoms with Gasteiger partial charge in [-0.25, -0.2) is 0 Å². The van der Waals surface area contributed by atoms with Crippen molar-refractivity contribution in [2.24, 2.45) is 11.7 Å². The van der Waals surface area contributed by atoms with Crippen LogP contribution in [-0.4, -0.2) is 52.7 Å². The summed E-state index contributed by atoms with van der Waals surface area (Å²) < 4.78 is 0. The second kappa shape index (κ2) is 7.44. The summed E-state index contributed by atoms with van der Waals surface area (Å²) in [6.45, 7) is 4.61. The monoisotopic (exact) mass is 391 g/mol. The molecule has 0 spiro atoms. The number of nitrogens with zero attached hydrogens (tertiary/aromatic N) is 2. The number of likely N-dealkylation sites (tertiary alicyclic amines) is 1. The molecule has 2 aromatic carbocycles. The van der Waals surface area contributed by atoms with Gasteiger partial charge >= 0.3 is 0 Å². The molecule has 6 nitrogen and oxygen atoms in total. The first-order valence-corrected chi connectivity index (χ1v) is 9.96. The normalized spacial score (nSPS) is 22.3.